The molecule has 0 saturated heterocycles. The summed E-state index contributed by atoms with van der Waals surface area (Å²) in [6.45, 7) is 1.48. The largest absolute Gasteiger partial charge is 0.187 e. The molecule has 0 aromatic heterocycles. The second kappa shape index (κ2) is 3.59. The van der Waals surface area contributed by atoms with Gasteiger partial charge >= 0.3 is 0 Å². The van der Waals surface area contributed by atoms with Gasteiger partial charge in [-0.1, -0.05) is 34.8 Å². The minimum atomic E-state index is -1.08. The molecule has 0 rings (SSSR count). The average Bonchev–Trinajstić information content (AvgIpc) is 0.722. The fraction of sp³-hybridized carbons (Fsp3) is 1.00. The summed E-state index contributed by atoms with van der Waals surface area (Å²) in [6, 6.07) is 0. The van der Waals surface area contributed by atoms with Crippen LogP contribution in [0.25, 0.3) is 0 Å². The van der Waals surface area contributed by atoms with Gasteiger partial charge < -0.3 is 0 Å². The van der Waals surface area contributed by atoms with Gasteiger partial charge in [0.05, 0.1) is 0 Å². The van der Waals surface area contributed by atoms with Crippen LogP contribution in [0.3, 0.4) is 0 Å². The maximum Gasteiger partial charge on any atom is 0.187 e. The molecule has 0 spiro atoms. The van der Waals surface area contributed by atoms with Crippen molar-refractivity contribution in [2.45, 2.75) is 10.7 Å². The zero-order chi connectivity index (χ0) is 4.50. The quantitative estimate of drug-likeness (QED) is 0.602. The Morgan fingerprint density at radius 1 is 1.17 bits per heavy atom. The van der Waals surface area contributed by atoms with Crippen molar-refractivity contribution in [1.29, 1.82) is 0 Å². The first-order valence-electron chi connectivity index (χ1n) is 1.07. The van der Waals surface area contributed by atoms with Crippen LogP contribution >= 0.6 is 34.8 Å². The van der Waals surface area contributed by atoms with Gasteiger partial charge in [-0.25, -0.2) is 0 Å². The molecule has 0 amide bonds. The summed E-state index contributed by atoms with van der Waals surface area (Å²) in [7, 11) is 0. The molecule has 0 bridgehead atoms. The predicted molar refractivity (Wildman–Crippen MR) is 26.0 cm³/mol. The van der Waals surface area contributed by atoms with Gasteiger partial charge in [-0.3, -0.25) is 0 Å². The van der Waals surface area contributed by atoms with Gasteiger partial charge in [-0.2, -0.15) is 0 Å². The molecule has 1 radical (unpaired) electrons. The number of hydrogen-bond donors (Lipinski definition) is 0. The molecule has 0 aliphatic rings. The molecule has 0 aromatic rings. The fourth-order valence-corrected chi connectivity index (χ4v) is 0. The molecule has 0 aliphatic carbocycles. The Balaban J connectivity index is 0. The molecule has 0 heterocycles. The van der Waals surface area contributed by atoms with Crippen molar-refractivity contribution in [3.63, 3.8) is 0 Å². The molecule has 37 valence electrons. The maximum absolute atomic E-state index is 5.06. The standard InChI is InChI=1S/C2H3Cl3.Ta/c1-2(3,4)5;/h1H3;. The van der Waals surface area contributed by atoms with Crippen molar-refractivity contribution >= 4 is 34.8 Å². The van der Waals surface area contributed by atoms with Gasteiger partial charge in [0.25, 0.3) is 0 Å². The van der Waals surface area contributed by atoms with Crippen LogP contribution < -0.4 is 0 Å². The van der Waals surface area contributed by atoms with E-state index >= 15 is 0 Å². The van der Waals surface area contributed by atoms with Crippen LogP contribution in [0, 0.1) is 0 Å². The molecule has 4 heteroatoms. The molecule has 0 unspecified atom stereocenters. The Hall–Kier alpha value is 1.61. The van der Waals surface area contributed by atoms with E-state index in [1.807, 2.05) is 0 Å². The first-order chi connectivity index (χ1) is 2.00. The van der Waals surface area contributed by atoms with E-state index in [1.54, 1.807) is 0 Å². The van der Waals surface area contributed by atoms with E-state index in [1.165, 1.54) is 6.92 Å². The van der Waals surface area contributed by atoms with Gasteiger partial charge in [0.15, 0.2) is 3.79 Å². The Bertz CT molecular complexity index is 24.3. The average molecular weight is 314 g/mol. The van der Waals surface area contributed by atoms with Crippen molar-refractivity contribution in [2.75, 3.05) is 0 Å². The molecule has 0 aromatic carbocycles. The fourth-order valence-electron chi connectivity index (χ4n) is 0. The second-order valence-corrected chi connectivity index (χ2v) is 3.63. The molecule has 0 saturated carbocycles. The molecule has 0 aliphatic heterocycles. The zero-order valence-corrected chi connectivity index (χ0v) is 8.56. The Morgan fingerprint density at radius 3 is 1.17 bits per heavy atom. The monoisotopic (exact) mass is 313 g/mol. The summed E-state index contributed by atoms with van der Waals surface area (Å²) in [5.41, 5.74) is 0. The number of alkyl halides is 3. The van der Waals surface area contributed by atoms with Crippen LogP contribution in [0.4, 0.5) is 0 Å². The van der Waals surface area contributed by atoms with E-state index in [0.29, 0.717) is 0 Å². The molecule has 0 fully saturated rings. The van der Waals surface area contributed by atoms with Crippen molar-refractivity contribution < 1.29 is 22.4 Å². The maximum atomic E-state index is 5.06. The van der Waals surface area contributed by atoms with E-state index in [2.05, 4.69) is 0 Å². The topological polar surface area (TPSA) is 0 Å². The van der Waals surface area contributed by atoms with Gasteiger partial charge in [-0.05, 0) is 6.92 Å². The number of halogens is 3. The van der Waals surface area contributed by atoms with Gasteiger partial charge in [0.2, 0.25) is 0 Å². The van der Waals surface area contributed by atoms with Crippen LogP contribution in [0.1, 0.15) is 6.92 Å². The molecular formula is C2H3Cl3Ta. The third-order valence-electron chi connectivity index (χ3n) is 0. The van der Waals surface area contributed by atoms with Crippen LogP contribution in [-0.2, 0) is 22.4 Å². The van der Waals surface area contributed by atoms with E-state index in [4.69, 9.17) is 34.8 Å². The van der Waals surface area contributed by atoms with Crippen LogP contribution in [0.5, 0.6) is 0 Å². The second-order valence-electron chi connectivity index (χ2n) is 0.781. The van der Waals surface area contributed by atoms with E-state index in [-0.39, 0.29) is 22.4 Å². The van der Waals surface area contributed by atoms with Crippen LogP contribution in [0.2, 0.25) is 0 Å². The van der Waals surface area contributed by atoms with Crippen LogP contribution in [-0.4, -0.2) is 3.79 Å². The Labute approximate surface area is 67.6 Å². The summed E-state index contributed by atoms with van der Waals surface area (Å²) in [5.74, 6) is 0. The van der Waals surface area contributed by atoms with Crippen molar-refractivity contribution in [3.8, 4) is 0 Å². The van der Waals surface area contributed by atoms with Crippen molar-refractivity contribution in [2.24, 2.45) is 0 Å². The Kier molecular flexibility index (Phi) is 6.33. The van der Waals surface area contributed by atoms with Gasteiger partial charge in [0, 0.05) is 22.4 Å². The van der Waals surface area contributed by atoms with Gasteiger partial charge in [0.1, 0.15) is 0 Å². The molecule has 0 atom stereocenters. The summed E-state index contributed by atoms with van der Waals surface area (Å²) < 4.78 is -1.08. The SMILES string of the molecule is CC(Cl)(Cl)Cl.[Ta]. The molecule has 6 heavy (non-hydrogen) atoms. The van der Waals surface area contributed by atoms with Crippen molar-refractivity contribution in [3.05, 3.63) is 0 Å². The first kappa shape index (κ1) is 10.6. The minimum Gasteiger partial charge on any atom is -0.0840 e. The Morgan fingerprint density at radius 2 is 1.17 bits per heavy atom. The van der Waals surface area contributed by atoms with E-state index in [9.17, 15) is 0 Å². The molecule has 0 nitrogen and oxygen atoms in total. The zero-order valence-electron chi connectivity index (χ0n) is 3.08. The third kappa shape index (κ3) is 46.0. The first-order valence-corrected chi connectivity index (χ1v) is 2.20. The predicted octanol–water partition coefficient (Wildman–Crippen LogP) is 2.37. The normalized spacial score (nSPS) is 10.0. The van der Waals surface area contributed by atoms with E-state index < -0.39 is 3.79 Å². The number of rotatable bonds is 0. The molecular weight excluding hydrogens is 311 g/mol. The third-order valence-corrected chi connectivity index (χ3v) is 0. The minimum absolute atomic E-state index is 0. The number of hydrogen-bond acceptors (Lipinski definition) is 0. The summed E-state index contributed by atoms with van der Waals surface area (Å²) in [4.78, 5) is 0. The summed E-state index contributed by atoms with van der Waals surface area (Å²) in [6.07, 6.45) is 0. The van der Waals surface area contributed by atoms with Gasteiger partial charge in [-0.15, -0.1) is 0 Å². The van der Waals surface area contributed by atoms with Crippen molar-refractivity contribution in [1.82, 2.24) is 0 Å². The van der Waals surface area contributed by atoms with E-state index in [0.717, 1.165) is 0 Å². The molecule has 0 N–H and O–H groups in total. The smallest absolute Gasteiger partial charge is 0.0840 e. The summed E-state index contributed by atoms with van der Waals surface area (Å²) in [5, 5.41) is 0. The van der Waals surface area contributed by atoms with Crippen LogP contribution in [0.15, 0.2) is 0 Å². The summed E-state index contributed by atoms with van der Waals surface area (Å²) >= 11 is 15.2.